The Balaban J connectivity index is 1.69. The first-order chi connectivity index (χ1) is 15.2. The van der Waals surface area contributed by atoms with Gasteiger partial charge in [0.05, 0.1) is 22.6 Å². The minimum Gasteiger partial charge on any atom is -0.346 e. The smallest absolute Gasteiger partial charge is 0.346 e. The molecule has 1 amide bonds. The molecule has 0 spiro atoms. The number of hydrogen-bond acceptors (Lipinski definition) is 5. The lowest BCUT2D eigenvalue weighted by molar-refractivity contribution is -0.137. The molecule has 0 radical (unpaired) electrons. The first-order valence-corrected chi connectivity index (χ1v) is 11.0. The van der Waals surface area contributed by atoms with Crippen molar-refractivity contribution in [3.05, 3.63) is 56.5 Å². The molecule has 2 aromatic rings. The van der Waals surface area contributed by atoms with Crippen LogP contribution in [0.4, 0.5) is 24.5 Å². The Bertz CT molecular complexity index is 1170. The van der Waals surface area contributed by atoms with E-state index < -0.39 is 32.8 Å². The predicted octanol–water partition coefficient (Wildman–Crippen LogP) is 6.41. The van der Waals surface area contributed by atoms with E-state index in [2.05, 4.69) is 29.6 Å². The van der Waals surface area contributed by atoms with Crippen molar-refractivity contribution in [3.8, 4) is 6.07 Å². The summed E-state index contributed by atoms with van der Waals surface area (Å²) in [6.45, 7) is 0. The first-order valence-electron chi connectivity index (χ1n) is 9.42. The zero-order valence-electron chi connectivity index (χ0n) is 16.5. The van der Waals surface area contributed by atoms with Crippen LogP contribution in [-0.4, -0.2) is 16.7 Å². The van der Waals surface area contributed by atoms with Crippen molar-refractivity contribution in [1.29, 1.82) is 5.26 Å². The van der Waals surface area contributed by atoms with Gasteiger partial charge in [0, 0.05) is 14.7 Å². The van der Waals surface area contributed by atoms with Crippen LogP contribution in [0.3, 0.4) is 0 Å². The summed E-state index contributed by atoms with van der Waals surface area (Å²) in [7, 11) is 0. The van der Waals surface area contributed by atoms with E-state index >= 15 is 0 Å². The molecule has 0 aromatic heterocycles. The second-order valence-corrected chi connectivity index (χ2v) is 10.2. The van der Waals surface area contributed by atoms with Crippen LogP contribution in [0.5, 0.6) is 0 Å². The first kappa shape index (κ1) is 24.3. The molecular weight excluding hydrogens is 524 g/mol. The molecular formula is C20H15Cl3F3N4O2S+. The summed E-state index contributed by atoms with van der Waals surface area (Å²) in [5.41, 5.74) is -0.425. The molecule has 3 aliphatic rings. The second-order valence-electron chi connectivity index (χ2n) is 8.35. The van der Waals surface area contributed by atoms with Crippen molar-refractivity contribution in [2.75, 3.05) is 5.43 Å². The Kier molecular flexibility index (Phi) is 5.76. The van der Waals surface area contributed by atoms with Gasteiger partial charge in [-0.3, -0.25) is 4.79 Å². The Morgan fingerprint density at radius 1 is 1.15 bits per heavy atom. The summed E-state index contributed by atoms with van der Waals surface area (Å²) in [6.07, 6.45) is -3.27. The summed E-state index contributed by atoms with van der Waals surface area (Å²) in [6, 6.07) is 7.16. The fourth-order valence-electron chi connectivity index (χ4n) is 4.41. The average molecular weight is 539 g/mol. The van der Waals surface area contributed by atoms with Crippen molar-refractivity contribution < 1.29 is 23.2 Å². The van der Waals surface area contributed by atoms with Crippen molar-refractivity contribution >= 4 is 64.9 Å². The number of nitriles is 1. The van der Waals surface area contributed by atoms with Crippen molar-refractivity contribution in [1.82, 2.24) is 9.48 Å². The minimum atomic E-state index is -4.71. The minimum absolute atomic E-state index is 0.119. The molecule has 3 aliphatic carbocycles. The summed E-state index contributed by atoms with van der Waals surface area (Å²) in [5, 5.41) is 22.8. The van der Waals surface area contributed by atoms with E-state index in [1.807, 2.05) is 0 Å². The van der Waals surface area contributed by atoms with Crippen LogP contribution in [0.2, 0.25) is 15.1 Å². The number of carbonyl (C=O) groups excluding carboxylic acids is 1. The van der Waals surface area contributed by atoms with Gasteiger partial charge in [-0.05, 0) is 49.6 Å². The Labute approximate surface area is 206 Å². The molecule has 2 aromatic carbocycles. The largest absolute Gasteiger partial charge is 0.416 e. The van der Waals surface area contributed by atoms with Crippen LogP contribution in [0.25, 0.3) is 0 Å². The molecule has 1 atom stereocenters. The van der Waals surface area contributed by atoms with Crippen LogP contribution in [0.15, 0.2) is 30.3 Å². The molecule has 0 saturated heterocycles. The number of nitrogens with zero attached hydrogens (tertiary/aromatic N) is 2. The van der Waals surface area contributed by atoms with Gasteiger partial charge in [-0.25, -0.2) is 0 Å². The summed E-state index contributed by atoms with van der Waals surface area (Å²) >= 11 is 22.2. The molecule has 13 heteroatoms. The molecule has 3 N–H and O–H groups in total. The number of nitrogens with one attached hydrogen (secondary N) is 2. The number of alkyl halides is 3. The van der Waals surface area contributed by atoms with Crippen LogP contribution >= 0.6 is 47.6 Å². The maximum Gasteiger partial charge on any atom is 0.416 e. The molecule has 0 aliphatic heterocycles. The van der Waals surface area contributed by atoms with Gasteiger partial charge in [0.1, 0.15) is 28.5 Å². The van der Waals surface area contributed by atoms with Gasteiger partial charge >= 0.3 is 6.18 Å². The highest BCUT2D eigenvalue weighted by Gasteiger charge is 2.69. The zero-order valence-corrected chi connectivity index (χ0v) is 19.6. The lowest BCUT2D eigenvalue weighted by atomic mass is 9.40. The number of amides is 1. The van der Waals surface area contributed by atoms with Crippen LogP contribution in [-0.2, 0) is 6.18 Å². The third kappa shape index (κ3) is 4.34. The number of benzene rings is 2. The lowest BCUT2D eigenvalue weighted by Crippen LogP contribution is -2.74. The molecule has 174 valence electrons. The van der Waals surface area contributed by atoms with Gasteiger partial charge in [0.25, 0.3) is 5.91 Å². The second kappa shape index (κ2) is 7.83. The van der Waals surface area contributed by atoms with Crippen LogP contribution < -0.4 is 14.9 Å². The highest BCUT2D eigenvalue weighted by molar-refractivity contribution is 7.79. The maximum atomic E-state index is 13.3. The van der Waals surface area contributed by atoms with E-state index in [0.717, 1.165) is 12.1 Å². The van der Waals surface area contributed by atoms with E-state index in [-0.39, 0.29) is 32.0 Å². The van der Waals surface area contributed by atoms with E-state index in [9.17, 15) is 23.2 Å². The number of quaternary nitrogens is 1. The van der Waals surface area contributed by atoms with Gasteiger partial charge in [0.15, 0.2) is 0 Å². The quantitative estimate of drug-likeness (QED) is 0.201. The molecule has 0 heterocycles. The average Bonchev–Trinajstić information content (AvgIpc) is 2.60. The van der Waals surface area contributed by atoms with E-state index in [1.165, 1.54) is 12.1 Å². The number of thiol groups is 1. The topological polar surface area (TPSA) is 85.2 Å². The number of halogens is 6. The summed E-state index contributed by atoms with van der Waals surface area (Å²) in [4.78, 5) is 13.0. The molecule has 5 rings (SSSR count). The fraction of sp³-hybridized carbons (Fsp3) is 0.300. The van der Waals surface area contributed by atoms with E-state index in [1.54, 1.807) is 0 Å². The van der Waals surface area contributed by atoms with Gasteiger partial charge in [-0.2, -0.15) is 29.1 Å². The Morgan fingerprint density at radius 3 is 2.24 bits per heavy atom. The van der Waals surface area contributed by atoms with Crippen molar-refractivity contribution in [2.45, 2.75) is 31.0 Å². The fourth-order valence-corrected chi connectivity index (χ4v) is 5.92. The van der Waals surface area contributed by atoms with E-state index in [4.69, 9.17) is 40.1 Å². The Hall–Kier alpha value is -1.87. The summed E-state index contributed by atoms with van der Waals surface area (Å²) < 4.78 is 38.5. The Morgan fingerprint density at radius 2 is 1.73 bits per heavy atom. The van der Waals surface area contributed by atoms with Gasteiger partial charge in [-0.1, -0.05) is 34.8 Å². The standard InChI is InChI=1S/C20H14Cl3F3N4O2S/c21-11-4-13(22)16(14(23)5-11)30(32,33)29-15-3-10(20(24,25)26)1-2-12(15)17(31)28-19-6-18(7-19,8-19)9-27/h1-5,32-33H,6-8H2,(H-,28,29,31)/p+1. The number of hydrogen-bond donors (Lipinski definition) is 4. The molecule has 6 nitrogen and oxygen atoms in total. The molecule has 33 heavy (non-hydrogen) atoms. The molecule has 2 bridgehead atoms. The molecule has 1 unspecified atom stereocenters. The monoisotopic (exact) mass is 537 g/mol. The molecule has 3 fully saturated rings. The van der Waals surface area contributed by atoms with Gasteiger partial charge in [0.2, 0.25) is 5.69 Å². The highest BCUT2D eigenvalue weighted by Crippen LogP contribution is 2.66. The molecule has 3 saturated carbocycles. The maximum absolute atomic E-state index is 13.3. The predicted molar refractivity (Wildman–Crippen MR) is 121 cm³/mol. The summed E-state index contributed by atoms with van der Waals surface area (Å²) in [5.74, 6) is -0.668. The third-order valence-electron chi connectivity index (χ3n) is 5.81. The number of anilines is 1. The highest BCUT2D eigenvalue weighted by atomic mass is 35.5. The lowest BCUT2D eigenvalue weighted by Gasteiger charge is -2.66. The van der Waals surface area contributed by atoms with E-state index in [0.29, 0.717) is 25.3 Å². The number of rotatable bonds is 5. The van der Waals surface area contributed by atoms with Crippen LogP contribution in [0.1, 0.15) is 35.2 Å². The van der Waals surface area contributed by atoms with Crippen LogP contribution in [0, 0.1) is 16.7 Å². The van der Waals surface area contributed by atoms with Gasteiger partial charge in [-0.15, -0.1) is 0 Å². The zero-order chi connectivity index (χ0) is 24.4. The van der Waals surface area contributed by atoms with Crippen molar-refractivity contribution in [3.63, 3.8) is 0 Å². The SMILES string of the molecule is N#CC12CC(NC(=O)c3ccc(C(F)(F)F)cc3N[N+](O)(S)c3c(Cl)cc(Cl)cc3Cl)(C1)C2. The normalized spacial score (nSPS) is 25.2. The van der Waals surface area contributed by atoms with Gasteiger partial charge < -0.3 is 5.32 Å². The van der Waals surface area contributed by atoms with Crippen molar-refractivity contribution in [2.24, 2.45) is 5.41 Å². The number of carbonyl (C=O) groups is 1. The third-order valence-corrected chi connectivity index (χ3v) is 6.90.